The van der Waals surface area contributed by atoms with Gasteiger partial charge in [0.15, 0.2) is 0 Å². The normalized spacial score (nSPS) is 15.9. The zero-order chi connectivity index (χ0) is 18.6. The van der Waals surface area contributed by atoms with Gasteiger partial charge in [0.2, 0.25) is 11.1 Å². The molecule has 1 unspecified atom stereocenters. The number of hydrogen-bond donors (Lipinski definition) is 1. The standard InChI is InChI=1S/C20H20N4O2S/c1-2-18-21-20(23-22-18)27-13-19(25)24-15-10-6-7-11-17(15)26-12-16(24)14-8-4-3-5-9-14/h3-11,16H,2,12-13H2,1H3,(H,21,22,23). The minimum atomic E-state index is -0.160. The highest BCUT2D eigenvalue weighted by Gasteiger charge is 2.33. The highest BCUT2D eigenvalue weighted by molar-refractivity contribution is 7.99. The monoisotopic (exact) mass is 380 g/mol. The van der Waals surface area contributed by atoms with Gasteiger partial charge in [0.05, 0.1) is 17.5 Å². The molecule has 1 aliphatic rings. The first-order valence-corrected chi connectivity index (χ1v) is 9.87. The van der Waals surface area contributed by atoms with Crippen molar-refractivity contribution < 1.29 is 9.53 Å². The molecule has 1 N–H and O–H groups in total. The van der Waals surface area contributed by atoms with E-state index in [0.717, 1.165) is 29.2 Å². The molecule has 3 aromatic rings. The Morgan fingerprint density at radius 1 is 1.22 bits per heavy atom. The molecule has 0 fully saturated rings. The number of fused-ring (bicyclic) bond motifs is 1. The number of thioether (sulfide) groups is 1. The number of para-hydroxylation sites is 2. The molecule has 1 atom stereocenters. The molecule has 138 valence electrons. The minimum absolute atomic E-state index is 0.00690. The van der Waals surface area contributed by atoms with Gasteiger partial charge in [-0.1, -0.05) is 61.2 Å². The number of carbonyl (C=O) groups is 1. The number of amides is 1. The molecule has 2 heterocycles. The Labute approximate surface area is 162 Å². The number of carbonyl (C=O) groups excluding carboxylic acids is 1. The average Bonchev–Trinajstić information content (AvgIpc) is 3.20. The van der Waals surface area contributed by atoms with Crippen LogP contribution in [0.4, 0.5) is 5.69 Å². The van der Waals surface area contributed by atoms with Crippen molar-refractivity contribution in [3.05, 3.63) is 66.0 Å². The number of hydrogen-bond acceptors (Lipinski definition) is 5. The quantitative estimate of drug-likeness (QED) is 0.685. The number of aromatic nitrogens is 3. The first kappa shape index (κ1) is 17.6. The van der Waals surface area contributed by atoms with Crippen molar-refractivity contribution in [1.82, 2.24) is 15.2 Å². The predicted octanol–water partition coefficient (Wildman–Crippen LogP) is 3.63. The summed E-state index contributed by atoms with van der Waals surface area (Å²) in [4.78, 5) is 19.4. The van der Waals surface area contributed by atoms with Crippen LogP contribution in [0.5, 0.6) is 5.75 Å². The third-order valence-electron chi connectivity index (χ3n) is 4.46. The van der Waals surface area contributed by atoms with E-state index in [0.29, 0.717) is 11.8 Å². The van der Waals surface area contributed by atoms with E-state index >= 15 is 0 Å². The number of benzene rings is 2. The maximum absolute atomic E-state index is 13.2. The van der Waals surface area contributed by atoms with Crippen LogP contribution in [-0.2, 0) is 11.2 Å². The lowest BCUT2D eigenvalue weighted by Gasteiger charge is -2.37. The molecular formula is C20H20N4O2S. The lowest BCUT2D eigenvalue weighted by atomic mass is 10.0. The summed E-state index contributed by atoms with van der Waals surface area (Å²) in [6.45, 7) is 2.44. The molecule has 2 aromatic carbocycles. The molecule has 0 saturated heterocycles. The fourth-order valence-electron chi connectivity index (χ4n) is 3.11. The van der Waals surface area contributed by atoms with Crippen LogP contribution >= 0.6 is 11.8 Å². The molecule has 7 heteroatoms. The molecule has 0 radical (unpaired) electrons. The second kappa shape index (κ2) is 7.84. The van der Waals surface area contributed by atoms with Gasteiger partial charge in [0.25, 0.3) is 0 Å². The van der Waals surface area contributed by atoms with Crippen molar-refractivity contribution in [3.63, 3.8) is 0 Å². The second-order valence-corrected chi connectivity index (χ2v) is 7.12. The van der Waals surface area contributed by atoms with Crippen molar-refractivity contribution in [2.75, 3.05) is 17.3 Å². The SMILES string of the molecule is CCc1nc(SCC(=O)N2c3ccccc3OCC2c2ccccc2)n[nH]1. The Bertz CT molecular complexity index is 928. The summed E-state index contributed by atoms with van der Waals surface area (Å²) in [7, 11) is 0. The van der Waals surface area contributed by atoms with Crippen LogP contribution < -0.4 is 9.64 Å². The molecule has 0 bridgehead atoms. The molecule has 6 nitrogen and oxygen atoms in total. The van der Waals surface area contributed by atoms with E-state index in [-0.39, 0.29) is 17.7 Å². The Balaban J connectivity index is 1.60. The number of aromatic amines is 1. The first-order chi connectivity index (χ1) is 13.3. The van der Waals surface area contributed by atoms with Crippen LogP contribution in [0.25, 0.3) is 0 Å². The minimum Gasteiger partial charge on any atom is -0.489 e. The molecule has 27 heavy (non-hydrogen) atoms. The predicted molar refractivity (Wildman–Crippen MR) is 105 cm³/mol. The summed E-state index contributed by atoms with van der Waals surface area (Å²) in [5.74, 6) is 1.82. The topological polar surface area (TPSA) is 71.1 Å². The van der Waals surface area contributed by atoms with E-state index in [2.05, 4.69) is 15.2 Å². The van der Waals surface area contributed by atoms with Gasteiger partial charge < -0.3 is 4.74 Å². The number of nitrogens with one attached hydrogen (secondary N) is 1. The summed E-state index contributed by atoms with van der Waals surface area (Å²) in [5.41, 5.74) is 1.85. The van der Waals surface area contributed by atoms with Gasteiger partial charge in [-0.25, -0.2) is 4.98 Å². The number of H-pyrrole nitrogens is 1. The Hall–Kier alpha value is -2.80. The molecule has 4 rings (SSSR count). The third-order valence-corrected chi connectivity index (χ3v) is 5.29. The number of ether oxygens (including phenoxy) is 1. The summed E-state index contributed by atoms with van der Waals surface area (Å²) in [5, 5.41) is 7.63. The van der Waals surface area contributed by atoms with Crippen molar-refractivity contribution in [1.29, 1.82) is 0 Å². The summed E-state index contributed by atoms with van der Waals surface area (Å²) in [6.07, 6.45) is 0.786. The van der Waals surface area contributed by atoms with Crippen molar-refractivity contribution in [3.8, 4) is 5.75 Å². The van der Waals surface area contributed by atoms with Crippen LogP contribution in [-0.4, -0.2) is 33.4 Å². The molecule has 1 amide bonds. The Morgan fingerprint density at radius 3 is 2.78 bits per heavy atom. The van der Waals surface area contributed by atoms with E-state index in [1.807, 2.05) is 66.4 Å². The zero-order valence-electron chi connectivity index (χ0n) is 15.0. The van der Waals surface area contributed by atoms with Gasteiger partial charge in [-0.15, -0.1) is 5.10 Å². The van der Waals surface area contributed by atoms with Crippen molar-refractivity contribution in [2.24, 2.45) is 0 Å². The molecule has 0 aliphatic carbocycles. The number of aryl methyl sites for hydroxylation is 1. The highest BCUT2D eigenvalue weighted by Crippen LogP contribution is 2.39. The van der Waals surface area contributed by atoms with Crippen LogP contribution in [0.3, 0.4) is 0 Å². The van der Waals surface area contributed by atoms with Crippen LogP contribution in [0.15, 0.2) is 59.8 Å². The van der Waals surface area contributed by atoms with Crippen molar-refractivity contribution in [2.45, 2.75) is 24.5 Å². The van der Waals surface area contributed by atoms with E-state index in [1.54, 1.807) is 0 Å². The van der Waals surface area contributed by atoms with Gasteiger partial charge in [-0.3, -0.25) is 14.8 Å². The van der Waals surface area contributed by atoms with Crippen LogP contribution in [0.2, 0.25) is 0 Å². The summed E-state index contributed by atoms with van der Waals surface area (Å²) < 4.78 is 5.92. The third kappa shape index (κ3) is 3.68. The van der Waals surface area contributed by atoms with E-state index in [4.69, 9.17) is 4.74 Å². The fourth-order valence-corrected chi connectivity index (χ4v) is 3.79. The molecule has 1 aliphatic heterocycles. The van der Waals surface area contributed by atoms with E-state index < -0.39 is 0 Å². The molecule has 0 saturated carbocycles. The van der Waals surface area contributed by atoms with Gasteiger partial charge in [-0.2, -0.15) is 0 Å². The number of rotatable bonds is 5. The smallest absolute Gasteiger partial charge is 0.238 e. The summed E-state index contributed by atoms with van der Waals surface area (Å²) >= 11 is 1.34. The lowest BCUT2D eigenvalue weighted by Crippen LogP contribution is -2.42. The molecule has 1 aromatic heterocycles. The second-order valence-electron chi connectivity index (χ2n) is 6.18. The van der Waals surface area contributed by atoms with Gasteiger partial charge in [0, 0.05) is 6.42 Å². The fraction of sp³-hybridized carbons (Fsp3) is 0.250. The Morgan fingerprint density at radius 2 is 2.00 bits per heavy atom. The van der Waals surface area contributed by atoms with Gasteiger partial charge in [-0.05, 0) is 17.7 Å². The highest BCUT2D eigenvalue weighted by atomic mass is 32.2. The van der Waals surface area contributed by atoms with Gasteiger partial charge in [0.1, 0.15) is 18.2 Å². The zero-order valence-corrected chi connectivity index (χ0v) is 15.8. The number of nitrogens with zero attached hydrogens (tertiary/aromatic N) is 3. The first-order valence-electron chi connectivity index (χ1n) is 8.89. The van der Waals surface area contributed by atoms with E-state index in [9.17, 15) is 4.79 Å². The number of anilines is 1. The Kier molecular flexibility index (Phi) is 5.11. The van der Waals surface area contributed by atoms with E-state index in [1.165, 1.54) is 11.8 Å². The molecule has 0 spiro atoms. The maximum Gasteiger partial charge on any atom is 0.238 e. The largest absolute Gasteiger partial charge is 0.489 e. The van der Waals surface area contributed by atoms with Crippen LogP contribution in [0.1, 0.15) is 24.4 Å². The van der Waals surface area contributed by atoms with Gasteiger partial charge >= 0.3 is 0 Å². The lowest BCUT2D eigenvalue weighted by molar-refractivity contribution is -0.117. The van der Waals surface area contributed by atoms with Crippen molar-refractivity contribution >= 4 is 23.4 Å². The summed E-state index contributed by atoms with van der Waals surface area (Å²) in [6, 6.07) is 17.5. The molecular weight excluding hydrogens is 360 g/mol. The average molecular weight is 380 g/mol. The van der Waals surface area contributed by atoms with Crippen LogP contribution in [0, 0.1) is 0 Å². The maximum atomic E-state index is 13.2.